The molecule has 0 atom stereocenters. The minimum atomic E-state index is 0.602. The molecule has 0 amide bonds. The summed E-state index contributed by atoms with van der Waals surface area (Å²) in [7, 11) is 4.08. The van der Waals surface area contributed by atoms with E-state index in [2.05, 4.69) is 33.3 Å². The van der Waals surface area contributed by atoms with Gasteiger partial charge in [-0.3, -0.25) is 0 Å². The number of hydrogen-bond donors (Lipinski definition) is 1. The van der Waals surface area contributed by atoms with Gasteiger partial charge in [0.15, 0.2) is 0 Å². The molecule has 0 bridgehead atoms. The predicted molar refractivity (Wildman–Crippen MR) is 65.8 cm³/mol. The Morgan fingerprint density at radius 2 is 2.00 bits per heavy atom. The lowest BCUT2D eigenvalue weighted by atomic mass is 9.93. The van der Waals surface area contributed by atoms with Crippen molar-refractivity contribution >= 4 is 5.82 Å². The van der Waals surface area contributed by atoms with Crippen LogP contribution in [0.15, 0.2) is 6.07 Å². The van der Waals surface area contributed by atoms with Crippen molar-refractivity contribution in [3.05, 3.63) is 17.6 Å². The highest BCUT2D eigenvalue weighted by Crippen LogP contribution is 2.27. The van der Waals surface area contributed by atoms with Gasteiger partial charge in [0, 0.05) is 24.7 Å². The fourth-order valence-electron chi connectivity index (χ4n) is 2.23. The summed E-state index contributed by atoms with van der Waals surface area (Å²) in [5.41, 5.74) is 1.20. The zero-order valence-corrected chi connectivity index (χ0v) is 10.3. The van der Waals surface area contributed by atoms with E-state index >= 15 is 0 Å². The second-order valence-corrected chi connectivity index (χ2v) is 4.55. The lowest BCUT2D eigenvalue weighted by molar-refractivity contribution is 0.253. The van der Waals surface area contributed by atoms with Crippen molar-refractivity contribution in [2.75, 3.05) is 32.5 Å². The summed E-state index contributed by atoms with van der Waals surface area (Å²) in [6, 6.07) is 2.09. The van der Waals surface area contributed by atoms with Crippen LogP contribution in [0.1, 0.15) is 30.3 Å². The van der Waals surface area contributed by atoms with Gasteiger partial charge in [-0.15, -0.1) is 0 Å². The van der Waals surface area contributed by atoms with E-state index in [-0.39, 0.29) is 0 Å². The summed E-state index contributed by atoms with van der Waals surface area (Å²) in [5, 5.41) is 3.09. The second kappa shape index (κ2) is 4.78. The first-order chi connectivity index (χ1) is 7.69. The Labute approximate surface area is 97.1 Å². The molecular weight excluding hydrogens is 200 g/mol. The quantitative estimate of drug-likeness (QED) is 0.822. The van der Waals surface area contributed by atoms with Crippen LogP contribution in [-0.2, 0) is 0 Å². The SMILES string of the molecule is CNc1cc(C2CCN(C)CC2)nc(C)n1. The van der Waals surface area contributed by atoms with Gasteiger partial charge in [-0.1, -0.05) is 0 Å². The van der Waals surface area contributed by atoms with E-state index < -0.39 is 0 Å². The maximum atomic E-state index is 4.56. The van der Waals surface area contributed by atoms with E-state index in [1.165, 1.54) is 31.6 Å². The Balaban J connectivity index is 2.16. The number of anilines is 1. The van der Waals surface area contributed by atoms with Crippen molar-refractivity contribution in [1.82, 2.24) is 14.9 Å². The number of aromatic nitrogens is 2. The molecule has 0 aromatic carbocycles. The van der Waals surface area contributed by atoms with Gasteiger partial charge in [0.05, 0.1) is 0 Å². The third-order valence-electron chi connectivity index (χ3n) is 3.25. The molecule has 16 heavy (non-hydrogen) atoms. The maximum Gasteiger partial charge on any atom is 0.129 e. The molecule has 4 nitrogen and oxygen atoms in total. The Hall–Kier alpha value is -1.16. The molecule has 1 aromatic rings. The van der Waals surface area contributed by atoms with E-state index in [4.69, 9.17) is 0 Å². The molecule has 0 unspecified atom stereocenters. The van der Waals surface area contributed by atoms with E-state index in [0.29, 0.717) is 5.92 Å². The van der Waals surface area contributed by atoms with E-state index in [0.717, 1.165) is 11.6 Å². The van der Waals surface area contributed by atoms with Gasteiger partial charge >= 0.3 is 0 Å². The summed E-state index contributed by atoms with van der Waals surface area (Å²) < 4.78 is 0. The molecule has 1 aromatic heterocycles. The molecule has 2 heterocycles. The van der Waals surface area contributed by atoms with Gasteiger partial charge in [0.25, 0.3) is 0 Å². The van der Waals surface area contributed by atoms with Crippen LogP contribution in [0.5, 0.6) is 0 Å². The van der Waals surface area contributed by atoms with Crippen LogP contribution in [0, 0.1) is 6.92 Å². The van der Waals surface area contributed by atoms with Gasteiger partial charge < -0.3 is 10.2 Å². The zero-order valence-electron chi connectivity index (χ0n) is 10.3. The number of aryl methyl sites for hydroxylation is 1. The number of nitrogens with one attached hydrogen (secondary N) is 1. The average Bonchev–Trinajstić information content (AvgIpc) is 2.29. The van der Waals surface area contributed by atoms with Crippen molar-refractivity contribution in [2.45, 2.75) is 25.7 Å². The highest BCUT2D eigenvalue weighted by Gasteiger charge is 2.20. The predicted octanol–water partition coefficient (Wildman–Crippen LogP) is 1.64. The summed E-state index contributed by atoms with van der Waals surface area (Å²) in [4.78, 5) is 11.3. The third-order valence-corrected chi connectivity index (χ3v) is 3.25. The lowest BCUT2D eigenvalue weighted by Gasteiger charge is -2.28. The van der Waals surface area contributed by atoms with Crippen LogP contribution in [-0.4, -0.2) is 42.1 Å². The number of hydrogen-bond acceptors (Lipinski definition) is 4. The van der Waals surface area contributed by atoms with Gasteiger partial charge in [-0.2, -0.15) is 0 Å². The largest absolute Gasteiger partial charge is 0.373 e. The highest BCUT2D eigenvalue weighted by molar-refractivity contribution is 5.36. The summed E-state index contributed by atoms with van der Waals surface area (Å²) >= 11 is 0. The molecule has 0 saturated carbocycles. The van der Waals surface area contributed by atoms with Crippen LogP contribution in [0.2, 0.25) is 0 Å². The maximum absolute atomic E-state index is 4.56. The first kappa shape index (κ1) is 11.3. The average molecular weight is 220 g/mol. The molecule has 0 radical (unpaired) electrons. The smallest absolute Gasteiger partial charge is 0.129 e. The topological polar surface area (TPSA) is 41.0 Å². The van der Waals surface area contributed by atoms with Crippen LogP contribution >= 0.6 is 0 Å². The van der Waals surface area contributed by atoms with Crippen LogP contribution in [0.4, 0.5) is 5.82 Å². The van der Waals surface area contributed by atoms with Crippen LogP contribution in [0.3, 0.4) is 0 Å². The van der Waals surface area contributed by atoms with Crippen molar-refractivity contribution < 1.29 is 0 Å². The lowest BCUT2D eigenvalue weighted by Crippen LogP contribution is -2.29. The molecular formula is C12H20N4. The molecule has 1 saturated heterocycles. The number of nitrogens with zero attached hydrogens (tertiary/aromatic N) is 3. The third kappa shape index (κ3) is 2.50. The molecule has 0 spiro atoms. The fraction of sp³-hybridized carbons (Fsp3) is 0.667. The van der Waals surface area contributed by atoms with Gasteiger partial charge in [0.2, 0.25) is 0 Å². The van der Waals surface area contributed by atoms with Gasteiger partial charge in [-0.25, -0.2) is 9.97 Å². The zero-order chi connectivity index (χ0) is 11.5. The monoisotopic (exact) mass is 220 g/mol. The Morgan fingerprint density at radius 3 is 2.62 bits per heavy atom. The van der Waals surface area contributed by atoms with Crippen LogP contribution < -0.4 is 5.32 Å². The molecule has 1 N–H and O–H groups in total. The first-order valence-electron chi connectivity index (χ1n) is 5.91. The molecule has 1 aliphatic rings. The molecule has 4 heteroatoms. The Morgan fingerprint density at radius 1 is 1.31 bits per heavy atom. The fourth-order valence-corrected chi connectivity index (χ4v) is 2.23. The van der Waals surface area contributed by atoms with E-state index in [9.17, 15) is 0 Å². The number of piperidine rings is 1. The molecule has 88 valence electrons. The highest BCUT2D eigenvalue weighted by atomic mass is 15.1. The standard InChI is InChI=1S/C12H20N4/c1-9-14-11(8-12(13-2)15-9)10-4-6-16(3)7-5-10/h8,10H,4-7H2,1-3H3,(H,13,14,15). The minimum absolute atomic E-state index is 0.602. The van der Waals surface area contributed by atoms with Crippen molar-refractivity contribution in [3.63, 3.8) is 0 Å². The second-order valence-electron chi connectivity index (χ2n) is 4.55. The molecule has 2 rings (SSSR count). The number of likely N-dealkylation sites (tertiary alicyclic amines) is 1. The van der Waals surface area contributed by atoms with Crippen molar-refractivity contribution in [1.29, 1.82) is 0 Å². The molecule has 0 aliphatic carbocycles. The summed E-state index contributed by atoms with van der Waals surface area (Å²) in [6.07, 6.45) is 2.41. The van der Waals surface area contributed by atoms with E-state index in [1.807, 2.05) is 14.0 Å². The Bertz CT molecular complexity index is 356. The van der Waals surface area contributed by atoms with E-state index in [1.54, 1.807) is 0 Å². The minimum Gasteiger partial charge on any atom is -0.373 e. The normalized spacial score (nSPS) is 18.7. The molecule has 1 aliphatic heterocycles. The van der Waals surface area contributed by atoms with Crippen LogP contribution in [0.25, 0.3) is 0 Å². The van der Waals surface area contributed by atoms with Gasteiger partial charge in [-0.05, 0) is 39.9 Å². The number of rotatable bonds is 2. The Kier molecular flexibility index (Phi) is 3.39. The summed E-state index contributed by atoms with van der Waals surface area (Å²) in [5.74, 6) is 2.40. The molecule has 1 fully saturated rings. The summed E-state index contributed by atoms with van der Waals surface area (Å²) in [6.45, 7) is 4.30. The van der Waals surface area contributed by atoms with Crippen molar-refractivity contribution in [2.24, 2.45) is 0 Å². The van der Waals surface area contributed by atoms with Gasteiger partial charge in [0.1, 0.15) is 11.6 Å². The first-order valence-corrected chi connectivity index (χ1v) is 5.91. The van der Waals surface area contributed by atoms with Crippen molar-refractivity contribution in [3.8, 4) is 0 Å².